The SMILES string of the molecule is CC(C)NCc1cn(CCC2CCCC2)cn1. The van der Waals surface area contributed by atoms with Crippen LogP contribution in [-0.4, -0.2) is 15.6 Å². The molecule has 0 atom stereocenters. The summed E-state index contributed by atoms with van der Waals surface area (Å²) in [5, 5.41) is 3.40. The molecule has 3 nitrogen and oxygen atoms in total. The minimum Gasteiger partial charge on any atom is -0.337 e. The Morgan fingerprint density at radius 3 is 2.88 bits per heavy atom. The Morgan fingerprint density at radius 1 is 1.41 bits per heavy atom. The molecule has 0 aromatic carbocycles. The van der Waals surface area contributed by atoms with Crippen molar-refractivity contribution in [3.05, 3.63) is 18.2 Å². The smallest absolute Gasteiger partial charge is 0.0949 e. The summed E-state index contributed by atoms with van der Waals surface area (Å²) in [5.74, 6) is 0.967. The van der Waals surface area contributed by atoms with Crippen molar-refractivity contribution in [1.29, 1.82) is 0 Å². The molecular formula is C14H25N3. The summed E-state index contributed by atoms with van der Waals surface area (Å²) < 4.78 is 2.25. The van der Waals surface area contributed by atoms with E-state index in [0.717, 1.165) is 24.7 Å². The van der Waals surface area contributed by atoms with Gasteiger partial charge in [-0.2, -0.15) is 0 Å². The van der Waals surface area contributed by atoms with Gasteiger partial charge in [0.1, 0.15) is 0 Å². The quantitative estimate of drug-likeness (QED) is 0.821. The van der Waals surface area contributed by atoms with Crippen LogP contribution in [0.5, 0.6) is 0 Å². The van der Waals surface area contributed by atoms with E-state index in [9.17, 15) is 0 Å². The third-order valence-electron chi connectivity index (χ3n) is 3.65. The molecule has 0 aliphatic heterocycles. The van der Waals surface area contributed by atoms with E-state index in [0.29, 0.717) is 6.04 Å². The van der Waals surface area contributed by atoms with Crippen LogP contribution in [-0.2, 0) is 13.1 Å². The summed E-state index contributed by atoms with van der Waals surface area (Å²) in [4.78, 5) is 4.43. The highest BCUT2D eigenvalue weighted by molar-refractivity contribution is 4.96. The first-order valence-corrected chi connectivity index (χ1v) is 6.98. The predicted molar refractivity (Wildman–Crippen MR) is 70.8 cm³/mol. The maximum Gasteiger partial charge on any atom is 0.0949 e. The van der Waals surface area contributed by atoms with Crippen LogP contribution >= 0.6 is 0 Å². The van der Waals surface area contributed by atoms with E-state index < -0.39 is 0 Å². The molecule has 0 radical (unpaired) electrons. The molecule has 2 rings (SSSR count). The molecule has 1 aromatic rings. The highest BCUT2D eigenvalue weighted by atomic mass is 15.0. The van der Waals surface area contributed by atoms with Crippen LogP contribution in [0.25, 0.3) is 0 Å². The minimum absolute atomic E-state index is 0.527. The molecule has 0 spiro atoms. The largest absolute Gasteiger partial charge is 0.337 e. The maximum absolute atomic E-state index is 4.43. The number of hydrogen-bond donors (Lipinski definition) is 1. The van der Waals surface area contributed by atoms with Crippen LogP contribution in [0.3, 0.4) is 0 Å². The number of nitrogens with one attached hydrogen (secondary N) is 1. The first kappa shape index (κ1) is 12.6. The fraction of sp³-hybridized carbons (Fsp3) is 0.786. The van der Waals surface area contributed by atoms with E-state index in [1.54, 1.807) is 0 Å². The Morgan fingerprint density at radius 2 is 2.18 bits per heavy atom. The van der Waals surface area contributed by atoms with Crippen molar-refractivity contribution in [1.82, 2.24) is 14.9 Å². The summed E-state index contributed by atoms with van der Waals surface area (Å²) in [7, 11) is 0. The van der Waals surface area contributed by atoms with Crippen LogP contribution in [0.1, 0.15) is 51.6 Å². The van der Waals surface area contributed by atoms with E-state index in [-0.39, 0.29) is 0 Å². The van der Waals surface area contributed by atoms with Crippen molar-refractivity contribution < 1.29 is 0 Å². The molecule has 1 aliphatic rings. The van der Waals surface area contributed by atoms with E-state index >= 15 is 0 Å². The number of aryl methyl sites for hydroxylation is 1. The zero-order valence-electron chi connectivity index (χ0n) is 11.2. The molecule has 1 heterocycles. The zero-order valence-corrected chi connectivity index (χ0v) is 11.2. The molecule has 1 aromatic heterocycles. The van der Waals surface area contributed by atoms with Crippen LogP contribution in [0.2, 0.25) is 0 Å². The van der Waals surface area contributed by atoms with Gasteiger partial charge in [0.15, 0.2) is 0 Å². The van der Waals surface area contributed by atoms with Gasteiger partial charge >= 0.3 is 0 Å². The van der Waals surface area contributed by atoms with Gasteiger partial charge in [0.25, 0.3) is 0 Å². The number of hydrogen-bond acceptors (Lipinski definition) is 2. The highest BCUT2D eigenvalue weighted by Gasteiger charge is 2.14. The molecule has 1 fully saturated rings. The van der Waals surface area contributed by atoms with E-state index in [1.807, 2.05) is 6.33 Å². The van der Waals surface area contributed by atoms with Crippen molar-refractivity contribution >= 4 is 0 Å². The number of aromatic nitrogens is 2. The summed E-state index contributed by atoms with van der Waals surface area (Å²) >= 11 is 0. The Labute approximate surface area is 105 Å². The second kappa shape index (κ2) is 6.20. The van der Waals surface area contributed by atoms with Gasteiger partial charge in [-0.05, 0) is 12.3 Å². The lowest BCUT2D eigenvalue weighted by molar-refractivity contribution is 0.458. The van der Waals surface area contributed by atoms with Crippen molar-refractivity contribution in [2.45, 2.75) is 65.1 Å². The van der Waals surface area contributed by atoms with Gasteiger partial charge in [-0.3, -0.25) is 0 Å². The Balaban J connectivity index is 1.73. The summed E-state index contributed by atoms with van der Waals surface area (Å²) in [6.45, 7) is 6.35. The highest BCUT2D eigenvalue weighted by Crippen LogP contribution is 2.27. The molecule has 3 heteroatoms. The standard InChI is InChI=1S/C14H25N3/c1-12(2)15-9-14-10-17(11-16-14)8-7-13-5-3-4-6-13/h10-13,15H,3-9H2,1-2H3. The molecule has 17 heavy (non-hydrogen) atoms. The van der Waals surface area contributed by atoms with Crippen molar-refractivity contribution in [3.8, 4) is 0 Å². The van der Waals surface area contributed by atoms with Gasteiger partial charge in [-0.25, -0.2) is 4.98 Å². The molecule has 1 saturated carbocycles. The van der Waals surface area contributed by atoms with Gasteiger partial charge in [0.05, 0.1) is 12.0 Å². The molecule has 0 amide bonds. The average Bonchev–Trinajstić information content (AvgIpc) is 2.95. The molecule has 0 bridgehead atoms. The molecular weight excluding hydrogens is 210 g/mol. The number of nitrogens with zero attached hydrogens (tertiary/aromatic N) is 2. The minimum atomic E-state index is 0.527. The summed E-state index contributed by atoms with van der Waals surface area (Å²) in [6, 6.07) is 0.527. The molecule has 0 unspecified atom stereocenters. The second-order valence-corrected chi connectivity index (χ2v) is 5.58. The number of imidazole rings is 1. The Kier molecular flexibility index (Phi) is 4.60. The fourth-order valence-electron chi connectivity index (χ4n) is 2.56. The topological polar surface area (TPSA) is 29.9 Å². The predicted octanol–water partition coefficient (Wildman–Crippen LogP) is 2.96. The normalized spacial score (nSPS) is 17.1. The van der Waals surface area contributed by atoms with Crippen molar-refractivity contribution in [2.75, 3.05) is 0 Å². The molecule has 96 valence electrons. The lowest BCUT2D eigenvalue weighted by Crippen LogP contribution is -2.21. The fourth-order valence-corrected chi connectivity index (χ4v) is 2.56. The van der Waals surface area contributed by atoms with Crippen LogP contribution in [0.15, 0.2) is 12.5 Å². The third-order valence-corrected chi connectivity index (χ3v) is 3.65. The van der Waals surface area contributed by atoms with Crippen molar-refractivity contribution in [2.24, 2.45) is 5.92 Å². The molecule has 1 N–H and O–H groups in total. The van der Waals surface area contributed by atoms with Crippen LogP contribution < -0.4 is 5.32 Å². The van der Waals surface area contributed by atoms with Gasteiger partial charge < -0.3 is 9.88 Å². The molecule has 1 aliphatic carbocycles. The van der Waals surface area contributed by atoms with Gasteiger partial charge in [0.2, 0.25) is 0 Å². The van der Waals surface area contributed by atoms with Gasteiger partial charge in [0, 0.05) is 25.3 Å². The first-order valence-electron chi connectivity index (χ1n) is 6.98. The summed E-state index contributed by atoms with van der Waals surface area (Å²) in [5.41, 5.74) is 1.16. The number of rotatable bonds is 6. The van der Waals surface area contributed by atoms with Gasteiger partial charge in [-0.1, -0.05) is 39.5 Å². The van der Waals surface area contributed by atoms with Crippen molar-refractivity contribution in [3.63, 3.8) is 0 Å². The molecule has 0 saturated heterocycles. The second-order valence-electron chi connectivity index (χ2n) is 5.58. The Hall–Kier alpha value is -0.830. The zero-order chi connectivity index (χ0) is 12.1. The van der Waals surface area contributed by atoms with Crippen LogP contribution in [0.4, 0.5) is 0 Å². The van der Waals surface area contributed by atoms with E-state index in [2.05, 4.69) is 34.9 Å². The van der Waals surface area contributed by atoms with Crippen LogP contribution in [0, 0.1) is 5.92 Å². The van der Waals surface area contributed by atoms with Gasteiger partial charge in [-0.15, -0.1) is 0 Å². The third kappa shape index (κ3) is 4.15. The maximum atomic E-state index is 4.43. The Bertz CT molecular complexity index is 324. The lowest BCUT2D eigenvalue weighted by atomic mass is 10.0. The average molecular weight is 235 g/mol. The monoisotopic (exact) mass is 235 g/mol. The summed E-state index contributed by atoms with van der Waals surface area (Å²) in [6.07, 6.45) is 11.3. The van der Waals surface area contributed by atoms with E-state index in [4.69, 9.17) is 0 Å². The lowest BCUT2D eigenvalue weighted by Gasteiger charge is -2.08. The van der Waals surface area contributed by atoms with E-state index in [1.165, 1.54) is 32.1 Å². The first-order chi connectivity index (χ1) is 8.24.